The molecule has 0 amide bonds. The van der Waals surface area contributed by atoms with Crippen LogP contribution in [0.15, 0.2) is 0 Å². The Kier molecular flexibility index (Phi) is 2.42. The molecule has 1 saturated carbocycles. The minimum Gasteiger partial charge on any atom is -0.316 e. The minimum atomic E-state index is -1.00. The third kappa shape index (κ3) is 1.57. The first kappa shape index (κ1) is 7.93. The molecule has 1 aliphatic heterocycles. The molecule has 3 nitrogen and oxygen atoms in total. The zero-order valence-corrected chi connectivity index (χ0v) is 7.55. The Morgan fingerprint density at radius 3 is 3.18 bits per heavy atom. The number of hydrogen-bond acceptors (Lipinski definition) is 3. The molecule has 0 bridgehead atoms. The molecule has 0 radical (unpaired) electrons. The maximum absolute atomic E-state index is 5.58. The fraction of sp³-hybridized carbons (Fsp3) is 1.00. The van der Waals surface area contributed by atoms with E-state index in [0.29, 0.717) is 12.0 Å². The van der Waals surface area contributed by atoms with Gasteiger partial charge >= 0.3 is 8.60 Å². The lowest BCUT2D eigenvalue weighted by atomic mass is 10.1. The lowest BCUT2D eigenvalue weighted by molar-refractivity contribution is 0.0367. The van der Waals surface area contributed by atoms with E-state index in [9.17, 15) is 0 Å². The Morgan fingerprint density at radius 1 is 1.45 bits per heavy atom. The van der Waals surface area contributed by atoms with Crippen molar-refractivity contribution in [2.75, 3.05) is 13.7 Å². The van der Waals surface area contributed by atoms with Crippen LogP contribution >= 0.6 is 8.60 Å². The fourth-order valence-corrected chi connectivity index (χ4v) is 2.79. The largest absolute Gasteiger partial charge is 0.332 e. The second-order valence-electron chi connectivity index (χ2n) is 3.04. The Balaban J connectivity index is 1.91. The van der Waals surface area contributed by atoms with Crippen LogP contribution in [-0.4, -0.2) is 19.8 Å². The zero-order valence-electron chi connectivity index (χ0n) is 6.66. The van der Waals surface area contributed by atoms with Crippen molar-refractivity contribution in [3.05, 3.63) is 0 Å². The number of fused-ring (bicyclic) bond motifs is 1. The van der Waals surface area contributed by atoms with Crippen LogP contribution in [0, 0.1) is 5.92 Å². The van der Waals surface area contributed by atoms with Crippen LogP contribution in [0.5, 0.6) is 0 Å². The fourth-order valence-electron chi connectivity index (χ4n) is 1.73. The SMILES string of the molecule is CO[P@]1OCC2CCC[C@@H]2O1. The van der Waals surface area contributed by atoms with Gasteiger partial charge in [0.25, 0.3) is 0 Å². The average molecular weight is 176 g/mol. The summed E-state index contributed by atoms with van der Waals surface area (Å²) in [7, 11) is 0.639. The van der Waals surface area contributed by atoms with E-state index in [1.807, 2.05) is 0 Å². The summed E-state index contributed by atoms with van der Waals surface area (Å²) in [5.74, 6) is 0.642. The Hall–Kier alpha value is 0.310. The van der Waals surface area contributed by atoms with Gasteiger partial charge in [-0.2, -0.15) is 0 Å². The molecule has 0 aromatic rings. The molecule has 0 spiro atoms. The highest BCUT2D eigenvalue weighted by Crippen LogP contribution is 2.49. The normalized spacial score (nSPS) is 43.9. The zero-order chi connectivity index (χ0) is 7.68. The van der Waals surface area contributed by atoms with E-state index in [-0.39, 0.29) is 0 Å². The van der Waals surface area contributed by atoms with Crippen molar-refractivity contribution in [1.82, 2.24) is 0 Å². The van der Waals surface area contributed by atoms with E-state index in [1.54, 1.807) is 7.11 Å². The quantitative estimate of drug-likeness (QED) is 0.572. The van der Waals surface area contributed by atoms with Crippen LogP contribution < -0.4 is 0 Å². The molecule has 2 aliphatic rings. The van der Waals surface area contributed by atoms with E-state index in [0.717, 1.165) is 6.61 Å². The molecule has 1 aliphatic carbocycles. The van der Waals surface area contributed by atoms with Crippen LogP contribution in [0.3, 0.4) is 0 Å². The van der Waals surface area contributed by atoms with E-state index < -0.39 is 8.60 Å². The van der Waals surface area contributed by atoms with Crippen LogP contribution in [0.1, 0.15) is 19.3 Å². The monoisotopic (exact) mass is 176 g/mol. The first-order chi connectivity index (χ1) is 5.40. The lowest BCUT2D eigenvalue weighted by Crippen LogP contribution is -2.25. The molecule has 3 atom stereocenters. The number of rotatable bonds is 1. The van der Waals surface area contributed by atoms with Gasteiger partial charge in [0.05, 0.1) is 12.7 Å². The molecular formula is C7H13O3P. The van der Waals surface area contributed by atoms with Gasteiger partial charge in [0.2, 0.25) is 0 Å². The average Bonchev–Trinajstić information content (AvgIpc) is 2.50. The predicted octanol–water partition coefficient (Wildman–Crippen LogP) is 2.08. The van der Waals surface area contributed by atoms with Gasteiger partial charge in [0.1, 0.15) is 0 Å². The van der Waals surface area contributed by atoms with Gasteiger partial charge in [0, 0.05) is 13.0 Å². The third-order valence-corrected chi connectivity index (χ3v) is 3.45. The highest BCUT2D eigenvalue weighted by atomic mass is 31.2. The maximum Gasteiger partial charge on any atom is 0.332 e. The summed E-state index contributed by atoms with van der Waals surface area (Å²) >= 11 is 0. The van der Waals surface area contributed by atoms with Gasteiger partial charge in [0.15, 0.2) is 0 Å². The van der Waals surface area contributed by atoms with Crippen LogP contribution in [0.4, 0.5) is 0 Å². The van der Waals surface area contributed by atoms with Gasteiger partial charge in [-0.3, -0.25) is 0 Å². The van der Waals surface area contributed by atoms with Crippen LogP contribution in [0.25, 0.3) is 0 Å². The van der Waals surface area contributed by atoms with E-state index >= 15 is 0 Å². The van der Waals surface area contributed by atoms with Crippen LogP contribution in [0.2, 0.25) is 0 Å². The van der Waals surface area contributed by atoms with Gasteiger partial charge in [-0.15, -0.1) is 0 Å². The summed E-state index contributed by atoms with van der Waals surface area (Å²) in [4.78, 5) is 0. The second kappa shape index (κ2) is 3.36. The molecule has 2 fully saturated rings. The van der Waals surface area contributed by atoms with Crippen molar-refractivity contribution < 1.29 is 13.6 Å². The standard InChI is InChI=1S/C7H13O3P/c1-8-11-9-5-6-3-2-4-7(6)10-11/h6-7H,2-5H2,1H3/t6?,7-,11+/m0/s1. The Labute approximate surface area is 68.0 Å². The summed E-state index contributed by atoms with van der Waals surface area (Å²) in [6, 6.07) is 0. The predicted molar refractivity (Wildman–Crippen MR) is 42.1 cm³/mol. The van der Waals surface area contributed by atoms with Gasteiger partial charge in [-0.1, -0.05) is 6.42 Å². The molecule has 4 heteroatoms. The van der Waals surface area contributed by atoms with E-state index in [1.165, 1.54) is 19.3 Å². The molecule has 0 aromatic heterocycles. The van der Waals surface area contributed by atoms with Gasteiger partial charge in [-0.25, -0.2) is 0 Å². The molecule has 0 N–H and O–H groups in total. The highest BCUT2D eigenvalue weighted by Gasteiger charge is 2.36. The summed E-state index contributed by atoms with van der Waals surface area (Å²) in [5, 5.41) is 0. The van der Waals surface area contributed by atoms with Gasteiger partial charge in [-0.05, 0) is 12.8 Å². The number of hydrogen-bond donors (Lipinski definition) is 0. The summed E-state index contributed by atoms with van der Waals surface area (Å²) < 4.78 is 16.0. The molecule has 2 rings (SSSR count). The van der Waals surface area contributed by atoms with Crippen molar-refractivity contribution in [3.63, 3.8) is 0 Å². The van der Waals surface area contributed by atoms with Gasteiger partial charge < -0.3 is 13.6 Å². The molecule has 1 heterocycles. The molecule has 64 valence electrons. The molecular weight excluding hydrogens is 163 g/mol. The van der Waals surface area contributed by atoms with E-state index in [4.69, 9.17) is 13.6 Å². The third-order valence-electron chi connectivity index (χ3n) is 2.35. The Bertz CT molecular complexity index is 142. The minimum absolute atomic E-state index is 0.426. The Morgan fingerprint density at radius 2 is 2.36 bits per heavy atom. The summed E-state index contributed by atoms with van der Waals surface area (Å²) in [5.41, 5.74) is 0. The molecule has 0 aromatic carbocycles. The first-order valence-corrected chi connectivity index (χ1v) is 5.13. The molecule has 1 saturated heterocycles. The van der Waals surface area contributed by atoms with E-state index in [2.05, 4.69) is 0 Å². The van der Waals surface area contributed by atoms with Crippen molar-refractivity contribution in [2.24, 2.45) is 5.92 Å². The summed E-state index contributed by atoms with van der Waals surface area (Å²) in [6.45, 7) is 0.838. The maximum atomic E-state index is 5.58. The molecule has 11 heavy (non-hydrogen) atoms. The molecule has 1 unspecified atom stereocenters. The smallest absolute Gasteiger partial charge is 0.316 e. The second-order valence-corrected chi connectivity index (χ2v) is 4.32. The van der Waals surface area contributed by atoms with Crippen molar-refractivity contribution in [3.8, 4) is 0 Å². The summed E-state index contributed by atoms with van der Waals surface area (Å²) in [6.07, 6.45) is 4.16. The lowest BCUT2D eigenvalue weighted by Gasteiger charge is -2.29. The van der Waals surface area contributed by atoms with Crippen molar-refractivity contribution >= 4 is 8.60 Å². The van der Waals surface area contributed by atoms with Crippen LogP contribution in [-0.2, 0) is 13.6 Å². The van der Waals surface area contributed by atoms with Crippen molar-refractivity contribution in [2.45, 2.75) is 25.4 Å². The van der Waals surface area contributed by atoms with Crippen molar-refractivity contribution in [1.29, 1.82) is 0 Å². The first-order valence-electron chi connectivity index (χ1n) is 4.04. The topological polar surface area (TPSA) is 27.7 Å². The highest BCUT2D eigenvalue weighted by molar-refractivity contribution is 7.41.